The Morgan fingerprint density at radius 3 is 2.67 bits per heavy atom. The fourth-order valence-electron chi connectivity index (χ4n) is 1.86. The summed E-state index contributed by atoms with van der Waals surface area (Å²) in [5, 5.41) is 6.48. The van der Waals surface area contributed by atoms with E-state index in [1.807, 2.05) is 20.8 Å². The molecule has 1 heterocycles. The van der Waals surface area contributed by atoms with Gasteiger partial charge in [-0.15, -0.1) is 0 Å². The highest BCUT2D eigenvalue weighted by molar-refractivity contribution is 5.81. The smallest absolute Gasteiger partial charge is 0.225 e. The van der Waals surface area contributed by atoms with Crippen LogP contribution in [0.2, 0.25) is 0 Å². The number of hydrogen-bond donors (Lipinski definition) is 2. The van der Waals surface area contributed by atoms with E-state index < -0.39 is 0 Å². The van der Waals surface area contributed by atoms with Crippen molar-refractivity contribution < 1.29 is 4.79 Å². The van der Waals surface area contributed by atoms with Crippen LogP contribution in [0.3, 0.4) is 0 Å². The first-order chi connectivity index (χ1) is 6.91. The molecule has 0 spiro atoms. The molecule has 1 fully saturated rings. The molecular weight excluding hydrogens is 188 g/mol. The van der Waals surface area contributed by atoms with Crippen LogP contribution in [0.25, 0.3) is 0 Å². The highest BCUT2D eigenvalue weighted by atomic mass is 16.2. The van der Waals surface area contributed by atoms with Crippen LogP contribution in [0, 0.1) is 11.3 Å². The summed E-state index contributed by atoms with van der Waals surface area (Å²) in [4.78, 5) is 11.7. The van der Waals surface area contributed by atoms with Crippen LogP contribution in [-0.2, 0) is 4.79 Å². The van der Waals surface area contributed by atoms with E-state index >= 15 is 0 Å². The molecule has 2 N–H and O–H groups in total. The molecule has 1 aliphatic rings. The minimum absolute atomic E-state index is 0.141. The van der Waals surface area contributed by atoms with Crippen molar-refractivity contribution in [3.05, 3.63) is 0 Å². The first-order valence-corrected chi connectivity index (χ1v) is 5.93. The SMILES string of the molecule is CC1CCCNC1CNC(=O)C(C)(C)C. The van der Waals surface area contributed by atoms with Gasteiger partial charge in [0.2, 0.25) is 5.91 Å². The molecule has 1 rings (SSSR count). The molecule has 1 amide bonds. The number of hydrogen-bond acceptors (Lipinski definition) is 2. The van der Waals surface area contributed by atoms with Crippen molar-refractivity contribution in [3.63, 3.8) is 0 Å². The normalized spacial score (nSPS) is 27.5. The number of piperidine rings is 1. The van der Waals surface area contributed by atoms with Crippen LogP contribution in [0.1, 0.15) is 40.5 Å². The molecule has 2 atom stereocenters. The molecule has 0 saturated carbocycles. The zero-order chi connectivity index (χ0) is 11.5. The molecule has 0 aromatic carbocycles. The monoisotopic (exact) mass is 212 g/mol. The Morgan fingerprint density at radius 2 is 2.13 bits per heavy atom. The van der Waals surface area contributed by atoms with E-state index in [9.17, 15) is 4.79 Å². The van der Waals surface area contributed by atoms with Crippen LogP contribution in [0.15, 0.2) is 0 Å². The number of rotatable bonds is 2. The lowest BCUT2D eigenvalue weighted by molar-refractivity contribution is -0.128. The third-order valence-corrected chi connectivity index (χ3v) is 3.09. The topological polar surface area (TPSA) is 41.1 Å². The second-order valence-corrected chi connectivity index (χ2v) is 5.64. The predicted molar refractivity (Wildman–Crippen MR) is 62.7 cm³/mol. The van der Waals surface area contributed by atoms with E-state index in [4.69, 9.17) is 0 Å². The predicted octanol–water partition coefficient (Wildman–Crippen LogP) is 1.54. The molecule has 15 heavy (non-hydrogen) atoms. The molecule has 2 unspecified atom stereocenters. The van der Waals surface area contributed by atoms with Gasteiger partial charge in [0.25, 0.3) is 0 Å². The third-order valence-electron chi connectivity index (χ3n) is 3.09. The van der Waals surface area contributed by atoms with Gasteiger partial charge in [0.1, 0.15) is 0 Å². The molecule has 0 aromatic rings. The van der Waals surface area contributed by atoms with Gasteiger partial charge in [-0.3, -0.25) is 4.79 Å². The van der Waals surface area contributed by atoms with Crippen LogP contribution in [-0.4, -0.2) is 25.0 Å². The highest BCUT2D eigenvalue weighted by Crippen LogP contribution is 2.16. The van der Waals surface area contributed by atoms with Crippen molar-refractivity contribution in [2.75, 3.05) is 13.1 Å². The zero-order valence-electron chi connectivity index (χ0n) is 10.4. The second-order valence-electron chi connectivity index (χ2n) is 5.64. The van der Waals surface area contributed by atoms with Gasteiger partial charge in [-0.05, 0) is 25.3 Å². The van der Waals surface area contributed by atoms with E-state index in [1.54, 1.807) is 0 Å². The molecule has 3 nitrogen and oxygen atoms in total. The maximum absolute atomic E-state index is 11.7. The van der Waals surface area contributed by atoms with Crippen molar-refractivity contribution in [2.45, 2.75) is 46.6 Å². The average Bonchev–Trinajstić information content (AvgIpc) is 2.14. The summed E-state index contributed by atoms with van der Waals surface area (Å²) in [5.74, 6) is 0.807. The zero-order valence-corrected chi connectivity index (χ0v) is 10.4. The standard InChI is InChI=1S/C12H24N2O/c1-9-6-5-7-13-10(9)8-14-11(15)12(2,3)4/h9-10,13H,5-8H2,1-4H3,(H,14,15). The lowest BCUT2D eigenvalue weighted by Crippen LogP contribution is -2.49. The van der Waals surface area contributed by atoms with Crippen molar-refractivity contribution in [1.29, 1.82) is 0 Å². The maximum Gasteiger partial charge on any atom is 0.225 e. The Hall–Kier alpha value is -0.570. The van der Waals surface area contributed by atoms with Gasteiger partial charge >= 0.3 is 0 Å². The van der Waals surface area contributed by atoms with Crippen molar-refractivity contribution >= 4 is 5.91 Å². The molecule has 88 valence electrons. The first kappa shape index (κ1) is 12.5. The van der Waals surface area contributed by atoms with Gasteiger partial charge in [0.05, 0.1) is 0 Å². The number of carbonyl (C=O) groups is 1. The van der Waals surface area contributed by atoms with E-state index in [2.05, 4.69) is 17.6 Å². The molecule has 0 bridgehead atoms. The fraction of sp³-hybridized carbons (Fsp3) is 0.917. The van der Waals surface area contributed by atoms with Crippen LogP contribution < -0.4 is 10.6 Å². The van der Waals surface area contributed by atoms with Gasteiger partial charge in [0, 0.05) is 18.0 Å². The Labute approximate surface area is 93.0 Å². The lowest BCUT2D eigenvalue weighted by Gasteiger charge is -2.31. The molecule has 1 saturated heterocycles. The van der Waals surface area contributed by atoms with Gasteiger partial charge < -0.3 is 10.6 Å². The number of carbonyl (C=O) groups excluding carboxylic acids is 1. The van der Waals surface area contributed by atoms with E-state index in [0.717, 1.165) is 13.1 Å². The summed E-state index contributed by atoms with van der Waals surface area (Å²) < 4.78 is 0. The lowest BCUT2D eigenvalue weighted by atomic mass is 9.91. The maximum atomic E-state index is 11.7. The molecule has 0 aliphatic carbocycles. The number of nitrogens with one attached hydrogen (secondary N) is 2. The van der Waals surface area contributed by atoms with Crippen LogP contribution in [0.5, 0.6) is 0 Å². The molecule has 1 aliphatic heterocycles. The summed E-state index contributed by atoms with van der Waals surface area (Å²) in [7, 11) is 0. The van der Waals surface area contributed by atoms with Crippen LogP contribution in [0.4, 0.5) is 0 Å². The molecule has 0 radical (unpaired) electrons. The Morgan fingerprint density at radius 1 is 1.47 bits per heavy atom. The molecule has 3 heteroatoms. The molecular formula is C12H24N2O. The van der Waals surface area contributed by atoms with E-state index in [1.165, 1.54) is 12.8 Å². The third kappa shape index (κ3) is 3.82. The minimum Gasteiger partial charge on any atom is -0.354 e. The summed E-state index contributed by atoms with van der Waals surface area (Å²) in [5.41, 5.74) is -0.280. The van der Waals surface area contributed by atoms with Crippen LogP contribution >= 0.6 is 0 Å². The van der Waals surface area contributed by atoms with Crippen molar-refractivity contribution in [1.82, 2.24) is 10.6 Å². The minimum atomic E-state index is -0.280. The first-order valence-electron chi connectivity index (χ1n) is 5.93. The quantitative estimate of drug-likeness (QED) is 0.729. The van der Waals surface area contributed by atoms with Crippen molar-refractivity contribution in [3.8, 4) is 0 Å². The summed E-state index contributed by atoms with van der Waals surface area (Å²) in [6, 6.07) is 0.449. The Balaban J connectivity index is 2.33. The van der Waals surface area contributed by atoms with E-state index in [0.29, 0.717) is 12.0 Å². The summed E-state index contributed by atoms with van der Waals surface area (Å²) >= 11 is 0. The Bertz CT molecular complexity index is 220. The van der Waals surface area contributed by atoms with Gasteiger partial charge in [-0.1, -0.05) is 27.7 Å². The van der Waals surface area contributed by atoms with Gasteiger partial charge in [-0.2, -0.15) is 0 Å². The number of amides is 1. The summed E-state index contributed by atoms with van der Waals surface area (Å²) in [6.07, 6.45) is 2.52. The van der Waals surface area contributed by atoms with E-state index in [-0.39, 0.29) is 11.3 Å². The fourth-order valence-corrected chi connectivity index (χ4v) is 1.86. The second kappa shape index (κ2) is 4.97. The highest BCUT2D eigenvalue weighted by Gasteiger charge is 2.24. The summed E-state index contributed by atoms with van der Waals surface area (Å²) in [6.45, 7) is 9.93. The Kier molecular flexibility index (Phi) is 4.14. The van der Waals surface area contributed by atoms with Gasteiger partial charge in [-0.25, -0.2) is 0 Å². The van der Waals surface area contributed by atoms with Gasteiger partial charge in [0.15, 0.2) is 0 Å². The van der Waals surface area contributed by atoms with Crippen molar-refractivity contribution in [2.24, 2.45) is 11.3 Å². The largest absolute Gasteiger partial charge is 0.354 e. The average molecular weight is 212 g/mol. The molecule has 0 aromatic heterocycles.